The lowest BCUT2D eigenvalue weighted by Gasteiger charge is -2.23. The Morgan fingerprint density at radius 1 is 1.06 bits per heavy atom. The van der Waals surface area contributed by atoms with E-state index in [1.165, 1.54) is 18.2 Å². The molecule has 1 fully saturated rings. The van der Waals surface area contributed by atoms with Crippen LogP contribution >= 0.6 is 0 Å². The van der Waals surface area contributed by atoms with E-state index in [0.29, 0.717) is 25.2 Å². The molecule has 0 saturated carbocycles. The van der Waals surface area contributed by atoms with E-state index in [9.17, 15) is 22.0 Å². The minimum Gasteiger partial charge on any atom is -0.370 e. The molecule has 7 nitrogen and oxygen atoms in total. The first-order valence-corrected chi connectivity index (χ1v) is 11.2. The van der Waals surface area contributed by atoms with Crippen molar-refractivity contribution in [3.05, 3.63) is 54.1 Å². The molecule has 0 atom stereocenters. The number of nitrogens with one attached hydrogen (secondary N) is 1. The fourth-order valence-corrected chi connectivity index (χ4v) is 4.33. The van der Waals surface area contributed by atoms with Crippen LogP contribution in [0.5, 0.6) is 0 Å². The van der Waals surface area contributed by atoms with E-state index < -0.39 is 26.4 Å². The highest BCUT2D eigenvalue weighted by molar-refractivity contribution is 7.91. The second-order valence-corrected chi connectivity index (χ2v) is 9.01. The van der Waals surface area contributed by atoms with Gasteiger partial charge in [-0.1, -0.05) is 12.1 Å². The molecule has 3 rings (SSSR count). The molecule has 31 heavy (non-hydrogen) atoms. The minimum absolute atomic E-state index is 0.0181. The Kier molecular flexibility index (Phi) is 7.20. The molecule has 164 valence electrons. The third kappa shape index (κ3) is 5.57. The molecule has 0 bridgehead atoms. The summed E-state index contributed by atoms with van der Waals surface area (Å²) >= 11 is 0. The van der Waals surface area contributed by atoms with Gasteiger partial charge in [-0.3, -0.25) is 9.69 Å². The fourth-order valence-electron chi connectivity index (χ4n) is 3.44. The van der Waals surface area contributed by atoms with E-state index in [0.717, 1.165) is 24.7 Å². The van der Waals surface area contributed by atoms with Gasteiger partial charge in [0.2, 0.25) is 15.7 Å². The number of nitrogens with zero attached hydrogens (tertiary/aromatic N) is 3. The van der Waals surface area contributed by atoms with Crippen LogP contribution in [0.15, 0.2) is 53.4 Å². The lowest BCUT2D eigenvalue weighted by atomic mass is 10.2. The highest BCUT2D eigenvalue weighted by Gasteiger charge is 2.29. The zero-order valence-electron chi connectivity index (χ0n) is 16.7. The molecule has 0 aromatic heterocycles. The summed E-state index contributed by atoms with van der Waals surface area (Å²) in [6.07, 6.45) is 0.809. The predicted molar refractivity (Wildman–Crippen MR) is 113 cm³/mol. The number of alkyl halides is 2. The molecule has 1 aliphatic heterocycles. The van der Waals surface area contributed by atoms with Gasteiger partial charge in [0.1, 0.15) is 0 Å². The van der Waals surface area contributed by atoms with Gasteiger partial charge in [-0.25, -0.2) is 8.42 Å². The average Bonchev–Trinajstić information content (AvgIpc) is 2.99. The molecular formula is C21H22F2N4O3S. The number of sulfone groups is 1. The summed E-state index contributed by atoms with van der Waals surface area (Å²) in [6.45, 7) is 2.75. The minimum atomic E-state index is -4.82. The van der Waals surface area contributed by atoms with Gasteiger partial charge in [0.15, 0.2) is 0 Å². The monoisotopic (exact) mass is 448 g/mol. The lowest BCUT2D eigenvalue weighted by Crippen LogP contribution is -2.36. The van der Waals surface area contributed by atoms with Crippen LogP contribution < -0.4 is 10.2 Å². The molecule has 0 spiro atoms. The Labute approximate surface area is 179 Å². The lowest BCUT2D eigenvalue weighted by molar-refractivity contribution is -0.117. The topological polar surface area (TPSA) is 93.5 Å². The normalized spacial score (nSPS) is 15.4. The molecule has 0 aliphatic carbocycles. The summed E-state index contributed by atoms with van der Waals surface area (Å²) in [5.41, 5.74) is 1.43. The number of rotatable bonds is 6. The van der Waals surface area contributed by atoms with Gasteiger partial charge in [-0.15, -0.1) is 0 Å². The van der Waals surface area contributed by atoms with E-state index in [2.05, 4.69) is 16.3 Å². The average molecular weight is 448 g/mol. The summed E-state index contributed by atoms with van der Waals surface area (Å²) in [5.74, 6) is -4.03. The predicted octanol–water partition coefficient (Wildman–Crippen LogP) is 2.71. The maximum Gasteiger partial charge on any atom is 0.341 e. The van der Waals surface area contributed by atoms with Crippen LogP contribution in [0.3, 0.4) is 0 Å². The fraction of sp³-hybridized carbons (Fsp3) is 0.333. The van der Waals surface area contributed by atoms with E-state index in [1.807, 2.05) is 17.0 Å². The molecule has 1 heterocycles. The van der Waals surface area contributed by atoms with Crippen molar-refractivity contribution in [3.8, 4) is 6.07 Å². The van der Waals surface area contributed by atoms with Gasteiger partial charge in [0, 0.05) is 31.9 Å². The Morgan fingerprint density at radius 2 is 1.77 bits per heavy atom. The van der Waals surface area contributed by atoms with Crippen molar-refractivity contribution < 1.29 is 22.0 Å². The summed E-state index contributed by atoms with van der Waals surface area (Å²) in [5, 5.41) is 11.4. The summed E-state index contributed by atoms with van der Waals surface area (Å²) in [6, 6.07) is 14.5. The van der Waals surface area contributed by atoms with Crippen LogP contribution in [0.4, 0.5) is 20.2 Å². The van der Waals surface area contributed by atoms with Crippen molar-refractivity contribution in [2.75, 3.05) is 42.9 Å². The Morgan fingerprint density at radius 3 is 2.45 bits per heavy atom. The third-order valence-electron chi connectivity index (χ3n) is 5.02. The Bertz CT molecular complexity index is 1070. The first-order valence-electron chi connectivity index (χ1n) is 9.69. The number of benzene rings is 2. The molecule has 1 saturated heterocycles. The first-order chi connectivity index (χ1) is 14.8. The molecule has 1 amide bonds. The van der Waals surface area contributed by atoms with Crippen molar-refractivity contribution >= 4 is 27.1 Å². The van der Waals surface area contributed by atoms with Crippen molar-refractivity contribution in [2.45, 2.75) is 17.1 Å². The second kappa shape index (κ2) is 9.85. The van der Waals surface area contributed by atoms with Gasteiger partial charge >= 0.3 is 5.76 Å². The molecule has 10 heteroatoms. The maximum absolute atomic E-state index is 12.9. The summed E-state index contributed by atoms with van der Waals surface area (Å²) < 4.78 is 49.5. The second-order valence-electron chi connectivity index (χ2n) is 7.13. The number of anilines is 2. The van der Waals surface area contributed by atoms with E-state index in [-0.39, 0.29) is 12.2 Å². The van der Waals surface area contributed by atoms with Crippen molar-refractivity contribution in [1.82, 2.24) is 4.90 Å². The number of hydrogen-bond acceptors (Lipinski definition) is 6. The van der Waals surface area contributed by atoms with Crippen LogP contribution in [-0.4, -0.2) is 57.7 Å². The van der Waals surface area contributed by atoms with Crippen molar-refractivity contribution in [2.24, 2.45) is 0 Å². The summed E-state index contributed by atoms with van der Waals surface area (Å²) in [7, 11) is -4.82. The third-order valence-corrected chi connectivity index (χ3v) is 6.46. The number of carbonyl (C=O) groups is 1. The van der Waals surface area contributed by atoms with Gasteiger partial charge < -0.3 is 10.2 Å². The molecular weight excluding hydrogens is 426 g/mol. The molecule has 1 aliphatic rings. The maximum atomic E-state index is 12.9. The van der Waals surface area contributed by atoms with Crippen LogP contribution in [0.2, 0.25) is 0 Å². The first kappa shape index (κ1) is 22.7. The smallest absolute Gasteiger partial charge is 0.341 e. The van der Waals surface area contributed by atoms with Crippen LogP contribution in [0.25, 0.3) is 0 Å². The van der Waals surface area contributed by atoms with Crippen LogP contribution in [-0.2, 0) is 14.6 Å². The number of halogens is 2. The zero-order valence-corrected chi connectivity index (χ0v) is 17.5. The van der Waals surface area contributed by atoms with E-state index in [4.69, 9.17) is 5.26 Å². The van der Waals surface area contributed by atoms with Gasteiger partial charge in [0.05, 0.1) is 28.8 Å². The largest absolute Gasteiger partial charge is 0.370 e. The number of para-hydroxylation sites is 1. The van der Waals surface area contributed by atoms with Crippen LogP contribution in [0.1, 0.15) is 12.0 Å². The molecule has 0 unspecified atom stereocenters. The quantitative estimate of drug-likeness (QED) is 0.731. The van der Waals surface area contributed by atoms with Crippen molar-refractivity contribution in [1.29, 1.82) is 5.26 Å². The number of nitriles is 1. The Hall–Kier alpha value is -3.03. The van der Waals surface area contributed by atoms with Gasteiger partial charge in [0.25, 0.3) is 0 Å². The molecule has 0 radical (unpaired) electrons. The van der Waals surface area contributed by atoms with Gasteiger partial charge in [-0.05, 0) is 42.8 Å². The van der Waals surface area contributed by atoms with Gasteiger partial charge in [-0.2, -0.15) is 14.0 Å². The highest BCUT2D eigenvalue weighted by atomic mass is 32.2. The summed E-state index contributed by atoms with van der Waals surface area (Å²) in [4.78, 5) is 16.0. The van der Waals surface area contributed by atoms with Crippen LogP contribution in [0, 0.1) is 11.3 Å². The number of hydrogen-bond donors (Lipinski definition) is 1. The van der Waals surface area contributed by atoms with E-state index in [1.54, 1.807) is 12.1 Å². The number of carbonyl (C=O) groups excluding carboxylic acids is 1. The zero-order chi connectivity index (χ0) is 22.4. The Balaban J connectivity index is 1.61. The molecule has 2 aromatic carbocycles. The standard InChI is InChI=1S/C21H22F2N4O3S/c22-21(23)31(29,30)19-5-2-1-4-18(19)25-20(28)15-26-10-3-11-27(13-12-26)17-8-6-16(14-24)7-9-17/h1-2,4-9,21H,3,10-13,15H2,(H,25,28). The molecule has 2 aromatic rings. The SMILES string of the molecule is N#Cc1ccc(N2CCCN(CC(=O)Nc3ccccc3S(=O)(=O)C(F)F)CC2)cc1. The number of amides is 1. The van der Waals surface area contributed by atoms with Crippen molar-refractivity contribution in [3.63, 3.8) is 0 Å². The highest BCUT2D eigenvalue weighted by Crippen LogP contribution is 2.26. The molecule has 1 N–H and O–H groups in total. The van der Waals surface area contributed by atoms with E-state index >= 15 is 0 Å².